The summed E-state index contributed by atoms with van der Waals surface area (Å²) in [5.41, 5.74) is 3.13. The van der Waals surface area contributed by atoms with Crippen LogP contribution in [0.15, 0.2) is 54.6 Å². The van der Waals surface area contributed by atoms with Crippen LogP contribution < -0.4 is 4.90 Å². The molecule has 0 saturated carbocycles. The van der Waals surface area contributed by atoms with Crippen LogP contribution in [0, 0.1) is 0 Å². The number of carbonyl (C=O) groups is 2. The van der Waals surface area contributed by atoms with Gasteiger partial charge in [0, 0.05) is 37.4 Å². The number of benzene rings is 2. The summed E-state index contributed by atoms with van der Waals surface area (Å²) in [5.74, 6) is 0.338. The fraction of sp³-hybridized carbons (Fsp3) is 0.364. The zero-order valence-corrected chi connectivity index (χ0v) is 15.7. The molecule has 5 nitrogen and oxygen atoms in total. The lowest BCUT2D eigenvalue weighted by atomic mass is 9.94. The number of ketones is 1. The monoisotopic (exact) mass is 363 g/mol. The molecule has 2 aliphatic heterocycles. The summed E-state index contributed by atoms with van der Waals surface area (Å²) in [6.45, 7) is 6.01. The molecule has 2 aliphatic rings. The molecule has 0 aliphatic carbocycles. The van der Waals surface area contributed by atoms with Crippen LogP contribution in [-0.4, -0.2) is 54.3 Å². The van der Waals surface area contributed by atoms with E-state index in [1.54, 1.807) is 6.92 Å². The van der Waals surface area contributed by atoms with Crippen molar-refractivity contribution in [3.05, 3.63) is 65.7 Å². The van der Waals surface area contributed by atoms with E-state index >= 15 is 0 Å². The van der Waals surface area contributed by atoms with Crippen LogP contribution in [0.3, 0.4) is 0 Å². The average molecular weight is 363 g/mol. The Bertz CT molecular complexity index is 811. The molecule has 0 N–H and O–H groups in total. The van der Waals surface area contributed by atoms with Crippen molar-refractivity contribution in [1.29, 1.82) is 0 Å². The van der Waals surface area contributed by atoms with Gasteiger partial charge in [0.2, 0.25) is 5.91 Å². The van der Waals surface area contributed by atoms with Crippen molar-refractivity contribution in [3.63, 3.8) is 0 Å². The second kappa shape index (κ2) is 7.53. The smallest absolute Gasteiger partial charge is 0.226 e. The molecule has 0 unspecified atom stereocenters. The molecular weight excluding hydrogens is 338 g/mol. The molecule has 140 valence electrons. The largest absolute Gasteiger partial charge is 0.369 e. The van der Waals surface area contributed by atoms with Crippen LogP contribution in [0.2, 0.25) is 0 Å². The first-order chi connectivity index (χ1) is 13.1. The van der Waals surface area contributed by atoms with Crippen molar-refractivity contribution in [1.82, 2.24) is 9.80 Å². The SMILES string of the molecule is CC(=O)c1ccc(N2CCN(CN3C(=O)C[C@H]3c3ccccc3)CC2)cc1. The molecule has 2 saturated heterocycles. The zero-order chi connectivity index (χ0) is 18.8. The van der Waals surface area contributed by atoms with Gasteiger partial charge >= 0.3 is 0 Å². The van der Waals surface area contributed by atoms with Gasteiger partial charge in [-0.2, -0.15) is 0 Å². The van der Waals surface area contributed by atoms with E-state index < -0.39 is 0 Å². The summed E-state index contributed by atoms with van der Waals surface area (Å²) in [4.78, 5) is 30.2. The Balaban J connectivity index is 1.33. The van der Waals surface area contributed by atoms with Crippen molar-refractivity contribution < 1.29 is 9.59 Å². The number of Topliss-reactive ketones (excluding diaryl/α,β-unsaturated/α-hetero) is 1. The molecular formula is C22H25N3O2. The molecule has 2 heterocycles. The van der Waals surface area contributed by atoms with Gasteiger partial charge in [0.15, 0.2) is 5.78 Å². The molecule has 2 aromatic carbocycles. The molecule has 2 fully saturated rings. The minimum absolute atomic E-state index is 0.0959. The van der Waals surface area contributed by atoms with Gasteiger partial charge in [-0.15, -0.1) is 0 Å². The van der Waals surface area contributed by atoms with E-state index in [2.05, 4.69) is 21.9 Å². The number of likely N-dealkylation sites (tertiary alicyclic amines) is 1. The maximum absolute atomic E-state index is 12.1. The van der Waals surface area contributed by atoms with Crippen LogP contribution in [0.4, 0.5) is 5.69 Å². The summed E-state index contributed by atoms with van der Waals surface area (Å²) in [5, 5.41) is 0. The van der Waals surface area contributed by atoms with Crippen molar-refractivity contribution in [2.45, 2.75) is 19.4 Å². The molecule has 2 aromatic rings. The van der Waals surface area contributed by atoms with Gasteiger partial charge < -0.3 is 9.80 Å². The lowest BCUT2D eigenvalue weighted by Gasteiger charge is -2.45. The number of nitrogens with zero attached hydrogens (tertiary/aromatic N) is 3. The van der Waals surface area contributed by atoms with E-state index in [0.717, 1.165) is 37.4 Å². The molecule has 1 atom stereocenters. The maximum atomic E-state index is 12.1. The van der Waals surface area contributed by atoms with Crippen molar-refractivity contribution >= 4 is 17.4 Å². The van der Waals surface area contributed by atoms with Crippen LogP contribution in [0.5, 0.6) is 0 Å². The highest BCUT2D eigenvalue weighted by Crippen LogP contribution is 2.34. The summed E-state index contributed by atoms with van der Waals surface area (Å²) in [7, 11) is 0. The Labute approximate surface area is 160 Å². The molecule has 5 heteroatoms. The predicted octanol–water partition coefficient (Wildman–Crippen LogP) is 2.94. The van der Waals surface area contributed by atoms with Crippen LogP contribution in [0.25, 0.3) is 0 Å². The molecule has 0 aromatic heterocycles. The van der Waals surface area contributed by atoms with Gasteiger partial charge in [-0.05, 0) is 36.8 Å². The Morgan fingerprint density at radius 2 is 1.63 bits per heavy atom. The first kappa shape index (κ1) is 17.7. The highest BCUT2D eigenvalue weighted by atomic mass is 16.2. The van der Waals surface area contributed by atoms with E-state index in [4.69, 9.17) is 0 Å². The third-order valence-electron chi connectivity index (χ3n) is 5.61. The lowest BCUT2D eigenvalue weighted by molar-refractivity contribution is -0.150. The van der Waals surface area contributed by atoms with E-state index in [1.807, 2.05) is 47.4 Å². The zero-order valence-electron chi connectivity index (χ0n) is 15.7. The van der Waals surface area contributed by atoms with E-state index in [0.29, 0.717) is 13.1 Å². The Morgan fingerprint density at radius 1 is 0.963 bits per heavy atom. The molecule has 1 amide bonds. The number of carbonyl (C=O) groups excluding carboxylic acids is 2. The van der Waals surface area contributed by atoms with Gasteiger partial charge in [0.05, 0.1) is 19.1 Å². The van der Waals surface area contributed by atoms with Crippen molar-refractivity contribution in [3.8, 4) is 0 Å². The Morgan fingerprint density at radius 3 is 2.22 bits per heavy atom. The van der Waals surface area contributed by atoms with E-state index in [9.17, 15) is 9.59 Å². The Kier molecular flexibility index (Phi) is 4.94. The fourth-order valence-corrected chi connectivity index (χ4v) is 3.87. The van der Waals surface area contributed by atoms with Gasteiger partial charge in [-0.1, -0.05) is 30.3 Å². The van der Waals surface area contributed by atoms with Gasteiger partial charge in [-0.3, -0.25) is 14.5 Å². The molecule has 0 spiro atoms. The number of β-lactam (4-membered cyclic amide) rings is 1. The first-order valence-corrected chi connectivity index (χ1v) is 9.54. The second-order valence-corrected chi connectivity index (χ2v) is 7.34. The maximum Gasteiger partial charge on any atom is 0.226 e. The second-order valence-electron chi connectivity index (χ2n) is 7.34. The van der Waals surface area contributed by atoms with Gasteiger partial charge in [0.1, 0.15) is 0 Å². The highest BCUT2D eigenvalue weighted by Gasteiger charge is 2.38. The fourth-order valence-electron chi connectivity index (χ4n) is 3.87. The predicted molar refractivity (Wildman–Crippen MR) is 106 cm³/mol. The minimum atomic E-state index is 0.0959. The molecule has 4 rings (SSSR count). The number of piperazine rings is 1. The normalized spacial score (nSPS) is 20.5. The molecule has 0 bridgehead atoms. The molecule has 27 heavy (non-hydrogen) atoms. The minimum Gasteiger partial charge on any atom is -0.369 e. The van der Waals surface area contributed by atoms with Crippen LogP contribution in [-0.2, 0) is 4.79 Å². The van der Waals surface area contributed by atoms with Crippen LogP contribution >= 0.6 is 0 Å². The first-order valence-electron chi connectivity index (χ1n) is 9.54. The third-order valence-corrected chi connectivity index (χ3v) is 5.61. The third kappa shape index (κ3) is 3.74. The van der Waals surface area contributed by atoms with Crippen molar-refractivity contribution in [2.24, 2.45) is 0 Å². The van der Waals surface area contributed by atoms with Crippen molar-refractivity contribution in [2.75, 3.05) is 37.7 Å². The van der Waals surface area contributed by atoms with Crippen LogP contribution in [0.1, 0.15) is 35.3 Å². The number of anilines is 1. The number of rotatable bonds is 5. The van der Waals surface area contributed by atoms with Gasteiger partial charge in [0.25, 0.3) is 0 Å². The Hall–Kier alpha value is -2.66. The lowest BCUT2D eigenvalue weighted by Crippen LogP contribution is -2.55. The summed E-state index contributed by atoms with van der Waals surface area (Å²) in [6, 6.07) is 18.3. The highest BCUT2D eigenvalue weighted by molar-refractivity contribution is 5.94. The summed E-state index contributed by atoms with van der Waals surface area (Å²) in [6.07, 6.45) is 0.618. The standard InChI is InChI=1S/C22H25N3O2/c1-17(26)18-7-9-20(10-8-18)24-13-11-23(12-14-24)16-25-21(15-22(25)27)19-5-3-2-4-6-19/h2-10,21H,11-16H2,1H3/t21-/m0/s1. The summed E-state index contributed by atoms with van der Waals surface area (Å²) < 4.78 is 0. The van der Waals surface area contributed by atoms with E-state index in [-0.39, 0.29) is 17.7 Å². The average Bonchev–Trinajstić information content (AvgIpc) is 2.71. The topological polar surface area (TPSA) is 43.9 Å². The summed E-state index contributed by atoms with van der Waals surface area (Å²) >= 11 is 0. The number of hydrogen-bond donors (Lipinski definition) is 0. The quantitative estimate of drug-likeness (QED) is 0.605. The number of hydrogen-bond acceptors (Lipinski definition) is 4. The number of amides is 1. The van der Waals surface area contributed by atoms with Gasteiger partial charge in [-0.25, -0.2) is 0 Å². The van der Waals surface area contributed by atoms with E-state index in [1.165, 1.54) is 5.56 Å². The molecule has 0 radical (unpaired) electrons.